The molecule has 5 nitrogen and oxygen atoms in total. The summed E-state index contributed by atoms with van der Waals surface area (Å²) in [6.45, 7) is 6.52. The first-order valence-corrected chi connectivity index (χ1v) is 8.06. The van der Waals surface area contributed by atoms with Gasteiger partial charge < -0.3 is 14.5 Å². The second kappa shape index (κ2) is 6.74. The molecule has 1 atom stereocenters. The van der Waals surface area contributed by atoms with Gasteiger partial charge >= 0.3 is 0 Å². The Morgan fingerprint density at radius 3 is 2.71 bits per heavy atom. The van der Waals surface area contributed by atoms with Crippen LogP contribution >= 0.6 is 0 Å². The number of ether oxygens (including phenoxy) is 1. The van der Waals surface area contributed by atoms with E-state index in [1.807, 2.05) is 67.8 Å². The summed E-state index contributed by atoms with van der Waals surface area (Å²) in [5.74, 6) is 0.648. The minimum atomic E-state index is -0.181. The van der Waals surface area contributed by atoms with Crippen LogP contribution in [0.1, 0.15) is 41.5 Å². The van der Waals surface area contributed by atoms with Crippen molar-refractivity contribution in [2.24, 2.45) is 0 Å². The van der Waals surface area contributed by atoms with Crippen molar-refractivity contribution in [2.45, 2.75) is 26.8 Å². The van der Waals surface area contributed by atoms with Gasteiger partial charge in [-0.25, -0.2) is 4.98 Å². The molecule has 5 heteroatoms. The number of carbonyl (C=O) groups is 1. The highest BCUT2D eigenvalue weighted by molar-refractivity contribution is 5.93. The van der Waals surface area contributed by atoms with Crippen molar-refractivity contribution in [1.29, 1.82) is 0 Å². The van der Waals surface area contributed by atoms with Crippen LogP contribution in [0.2, 0.25) is 0 Å². The Morgan fingerprint density at radius 1 is 1.29 bits per heavy atom. The second-order valence-electron chi connectivity index (χ2n) is 5.75. The number of hydrogen-bond acceptors (Lipinski definition) is 3. The molecule has 2 aromatic heterocycles. The summed E-state index contributed by atoms with van der Waals surface area (Å²) in [4.78, 5) is 16.9. The van der Waals surface area contributed by atoms with Gasteiger partial charge in [-0.2, -0.15) is 0 Å². The smallest absolute Gasteiger partial charge is 0.271 e. The molecule has 0 aliphatic rings. The molecule has 0 bridgehead atoms. The number of carbonyl (C=O) groups excluding carboxylic acids is 1. The Kier molecular flexibility index (Phi) is 4.51. The van der Waals surface area contributed by atoms with Gasteiger partial charge in [0.15, 0.2) is 0 Å². The summed E-state index contributed by atoms with van der Waals surface area (Å²) in [5.41, 5.74) is 3.28. The van der Waals surface area contributed by atoms with Crippen LogP contribution < -0.4 is 10.1 Å². The van der Waals surface area contributed by atoms with Crippen molar-refractivity contribution in [3.05, 3.63) is 65.6 Å². The van der Waals surface area contributed by atoms with E-state index < -0.39 is 0 Å². The number of amides is 1. The van der Waals surface area contributed by atoms with Crippen molar-refractivity contribution in [2.75, 3.05) is 6.61 Å². The maximum atomic E-state index is 12.5. The number of nitrogens with zero attached hydrogens (tertiary/aromatic N) is 2. The van der Waals surface area contributed by atoms with Crippen LogP contribution in [0.25, 0.3) is 5.65 Å². The number of imidazole rings is 1. The Hall–Kier alpha value is -2.82. The molecule has 3 aromatic rings. The molecule has 0 saturated heterocycles. The van der Waals surface area contributed by atoms with Crippen LogP contribution in [-0.2, 0) is 0 Å². The van der Waals surface area contributed by atoms with Crippen LogP contribution in [0.15, 0.2) is 48.8 Å². The lowest BCUT2D eigenvalue weighted by molar-refractivity contribution is 0.0935. The summed E-state index contributed by atoms with van der Waals surface area (Å²) in [5, 5.41) is 2.99. The third-order valence-electron chi connectivity index (χ3n) is 3.95. The lowest BCUT2D eigenvalue weighted by Crippen LogP contribution is -2.26. The lowest BCUT2D eigenvalue weighted by atomic mass is 10.1. The van der Waals surface area contributed by atoms with Crippen molar-refractivity contribution in [3.8, 4) is 5.75 Å². The number of benzene rings is 1. The molecule has 3 rings (SSSR count). The maximum Gasteiger partial charge on any atom is 0.271 e. The summed E-state index contributed by atoms with van der Waals surface area (Å²) < 4.78 is 7.30. The summed E-state index contributed by atoms with van der Waals surface area (Å²) in [7, 11) is 0. The van der Waals surface area contributed by atoms with E-state index >= 15 is 0 Å². The minimum Gasteiger partial charge on any atom is -0.494 e. The first-order valence-electron chi connectivity index (χ1n) is 8.06. The van der Waals surface area contributed by atoms with Crippen LogP contribution in [0.3, 0.4) is 0 Å². The number of fused-ring (bicyclic) bond motifs is 1. The fourth-order valence-corrected chi connectivity index (χ4v) is 2.64. The number of aryl methyl sites for hydroxylation is 1. The third-order valence-corrected chi connectivity index (χ3v) is 3.95. The number of hydrogen-bond donors (Lipinski definition) is 1. The first kappa shape index (κ1) is 16.1. The Balaban J connectivity index is 1.74. The fourth-order valence-electron chi connectivity index (χ4n) is 2.64. The van der Waals surface area contributed by atoms with Gasteiger partial charge in [0, 0.05) is 12.4 Å². The number of rotatable bonds is 5. The van der Waals surface area contributed by atoms with E-state index in [-0.39, 0.29) is 11.9 Å². The molecule has 0 aliphatic carbocycles. The predicted molar refractivity (Wildman–Crippen MR) is 93.4 cm³/mol. The molecule has 1 amide bonds. The molecule has 24 heavy (non-hydrogen) atoms. The predicted octanol–water partition coefficient (Wildman–Crippen LogP) is 3.53. The molecule has 0 fully saturated rings. The SMILES string of the molecule is CCOc1ccc(C(C)NC(=O)c2cn3cccc(C)c3n2)cc1. The minimum absolute atomic E-state index is 0.112. The van der Waals surface area contributed by atoms with Crippen molar-refractivity contribution in [1.82, 2.24) is 14.7 Å². The topological polar surface area (TPSA) is 55.6 Å². The lowest BCUT2D eigenvalue weighted by Gasteiger charge is -2.14. The molecular formula is C19H21N3O2. The van der Waals surface area contributed by atoms with E-state index in [1.165, 1.54) is 0 Å². The molecule has 1 aromatic carbocycles. The van der Waals surface area contributed by atoms with Crippen molar-refractivity contribution in [3.63, 3.8) is 0 Å². The summed E-state index contributed by atoms with van der Waals surface area (Å²) in [6.07, 6.45) is 3.64. The molecule has 0 saturated carbocycles. The zero-order valence-electron chi connectivity index (χ0n) is 14.1. The molecule has 124 valence electrons. The summed E-state index contributed by atoms with van der Waals surface area (Å²) in [6, 6.07) is 11.6. The second-order valence-corrected chi connectivity index (χ2v) is 5.75. The van der Waals surface area contributed by atoms with Gasteiger partial charge in [-0.3, -0.25) is 4.79 Å². The summed E-state index contributed by atoms with van der Waals surface area (Å²) >= 11 is 0. The fraction of sp³-hybridized carbons (Fsp3) is 0.263. The van der Waals surface area contributed by atoms with Gasteiger partial charge in [0.05, 0.1) is 12.6 Å². The van der Waals surface area contributed by atoms with Crippen LogP contribution in [0.5, 0.6) is 5.75 Å². The monoisotopic (exact) mass is 323 g/mol. The standard InChI is InChI=1S/C19H21N3O2/c1-4-24-16-9-7-15(8-10-16)14(3)20-19(23)17-12-22-11-5-6-13(2)18(22)21-17/h5-12,14H,4H2,1-3H3,(H,20,23). The van der Waals surface area contributed by atoms with Gasteiger partial charge in [0.25, 0.3) is 5.91 Å². The van der Waals surface area contributed by atoms with Gasteiger partial charge in [-0.05, 0) is 50.1 Å². The molecule has 1 unspecified atom stereocenters. The van der Waals surface area contributed by atoms with Crippen LogP contribution in [-0.4, -0.2) is 21.9 Å². The highest BCUT2D eigenvalue weighted by Crippen LogP contribution is 2.18. The van der Waals surface area contributed by atoms with Gasteiger partial charge in [0.1, 0.15) is 17.1 Å². The zero-order chi connectivity index (χ0) is 17.1. The van der Waals surface area contributed by atoms with E-state index in [0.717, 1.165) is 22.5 Å². The Morgan fingerprint density at radius 2 is 2.04 bits per heavy atom. The molecule has 1 N–H and O–H groups in total. The molecule has 0 spiro atoms. The van der Waals surface area contributed by atoms with Gasteiger partial charge in [-0.1, -0.05) is 18.2 Å². The number of pyridine rings is 1. The van der Waals surface area contributed by atoms with E-state index in [2.05, 4.69) is 10.3 Å². The van der Waals surface area contributed by atoms with E-state index in [9.17, 15) is 4.79 Å². The maximum absolute atomic E-state index is 12.5. The van der Waals surface area contributed by atoms with Crippen LogP contribution in [0.4, 0.5) is 0 Å². The average molecular weight is 323 g/mol. The average Bonchev–Trinajstić information content (AvgIpc) is 3.01. The Bertz CT molecular complexity index is 853. The normalized spacial score (nSPS) is 12.1. The highest BCUT2D eigenvalue weighted by atomic mass is 16.5. The third kappa shape index (κ3) is 3.25. The molecule has 0 radical (unpaired) electrons. The van der Waals surface area contributed by atoms with E-state index in [0.29, 0.717) is 12.3 Å². The number of nitrogens with one attached hydrogen (secondary N) is 1. The van der Waals surface area contributed by atoms with Crippen molar-refractivity contribution < 1.29 is 9.53 Å². The van der Waals surface area contributed by atoms with Crippen LogP contribution in [0, 0.1) is 6.92 Å². The Labute approximate surface area is 141 Å². The van der Waals surface area contributed by atoms with Gasteiger partial charge in [-0.15, -0.1) is 0 Å². The largest absolute Gasteiger partial charge is 0.494 e. The molecule has 0 aliphatic heterocycles. The molecular weight excluding hydrogens is 302 g/mol. The molecule has 2 heterocycles. The van der Waals surface area contributed by atoms with Gasteiger partial charge in [0.2, 0.25) is 0 Å². The highest BCUT2D eigenvalue weighted by Gasteiger charge is 2.15. The van der Waals surface area contributed by atoms with E-state index in [1.54, 1.807) is 6.20 Å². The quantitative estimate of drug-likeness (QED) is 0.781. The van der Waals surface area contributed by atoms with E-state index in [4.69, 9.17) is 4.74 Å². The van der Waals surface area contributed by atoms with Crippen molar-refractivity contribution >= 4 is 11.6 Å². The number of aromatic nitrogens is 2. The first-order chi connectivity index (χ1) is 11.6. The zero-order valence-corrected chi connectivity index (χ0v) is 14.1.